The number of likely N-dealkylation sites (N-methyl/N-ethyl adjacent to an activating group) is 1. The fourth-order valence-electron chi connectivity index (χ4n) is 1.10. The molecule has 3 N–H and O–H groups in total. The Morgan fingerprint density at radius 3 is 2.33 bits per heavy atom. The highest BCUT2D eigenvalue weighted by atomic mass is 16.5. The number of carboxylic acid groups (broad SMARTS) is 1. The minimum Gasteiger partial charge on any atom is -0.480 e. The van der Waals surface area contributed by atoms with Crippen LogP contribution in [0.1, 0.15) is 13.8 Å². The maximum absolute atomic E-state index is 11.5. The van der Waals surface area contributed by atoms with Crippen LogP contribution in [-0.4, -0.2) is 65.4 Å². The standard InChI is InChI=1S/C10H18N2O6/c1-4-18-7(14)5-12(3)10(17)11-8(6(2)13)9(15)16/h6,8,13H,4-5H2,1-3H3,(H,11,17)(H,15,16)/t6-,8+/m1/s1. The molecular formula is C10H18N2O6. The summed E-state index contributed by atoms with van der Waals surface area (Å²) >= 11 is 0. The zero-order valence-electron chi connectivity index (χ0n) is 10.5. The number of rotatable bonds is 6. The topological polar surface area (TPSA) is 116 Å². The van der Waals surface area contributed by atoms with Gasteiger partial charge in [-0.3, -0.25) is 4.79 Å². The minimum atomic E-state index is -1.43. The molecule has 0 saturated carbocycles. The van der Waals surface area contributed by atoms with Gasteiger partial charge in [0.05, 0.1) is 12.7 Å². The van der Waals surface area contributed by atoms with Crippen LogP contribution in [-0.2, 0) is 14.3 Å². The second kappa shape index (κ2) is 7.49. The van der Waals surface area contributed by atoms with Crippen molar-refractivity contribution in [3.8, 4) is 0 Å². The summed E-state index contributed by atoms with van der Waals surface area (Å²) in [6, 6.07) is -2.21. The first-order valence-electron chi connectivity index (χ1n) is 5.37. The molecule has 8 heteroatoms. The molecule has 18 heavy (non-hydrogen) atoms. The van der Waals surface area contributed by atoms with E-state index < -0.39 is 30.1 Å². The van der Waals surface area contributed by atoms with Gasteiger partial charge in [-0.1, -0.05) is 0 Å². The molecule has 0 spiro atoms. The first-order chi connectivity index (χ1) is 8.29. The second-order valence-electron chi connectivity index (χ2n) is 3.67. The number of ether oxygens (including phenoxy) is 1. The molecule has 0 aromatic heterocycles. The van der Waals surface area contributed by atoms with E-state index in [0.29, 0.717) is 0 Å². The number of esters is 1. The van der Waals surface area contributed by atoms with Crippen LogP contribution < -0.4 is 5.32 Å². The fourth-order valence-corrected chi connectivity index (χ4v) is 1.10. The molecule has 0 aliphatic heterocycles. The van der Waals surface area contributed by atoms with Crippen molar-refractivity contribution in [1.82, 2.24) is 10.2 Å². The van der Waals surface area contributed by atoms with Crippen molar-refractivity contribution >= 4 is 18.0 Å². The van der Waals surface area contributed by atoms with Crippen molar-refractivity contribution in [2.24, 2.45) is 0 Å². The highest BCUT2D eigenvalue weighted by molar-refractivity contribution is 5.85. The van der Waals surface area contributed by atoms with Crippen LogP contribution >= 0.6 is 0 Å². The highest BCUT2D eigenvalue weighted by Gasteiger charge is 2.26. The van der Waals surface area contributed by atoms with Gasteiger partial charge in [-0.05, 0) is 13.8 Å². The average Bonchev–Trinajstić information content (AvgIpc) is 2.24. The van der Waals surface area contributed by atoms with E-state index in [9.17, 15) is 19.5 Å². The summed E-state index contributed by atoms with van der Waals surface area (Å²) in [6.07, 6.45) is -1.25. The molecule has 0 radical (unpaired) electrons. The Balaban J connectivity index is 4.38. The largest absolute Gasteiger partial charge is 0.480 e. The molecule has 0 fully saturated rings. The van der Waals surface area contributed by atoms with Crippen molar-refractivity contribution in [3.05, 3.63) is 0 Å². The van der Waals surface area contributed by atoms with E-state index in [-0.39, 0.29) is 13.2 Å². The van der Waals surface area contributed by atoms with E-state index in [1.54, 1.807) is 6.92 Å². The smallest absolute Gasteiger partial charge is 0.328 e. The Hall–Kier alpha value is -1.83. The first-order valence-corrected chi connectivity index (χ1v) is 5.37. The van der Waals surface area contributed by atoms with Crippen LogP contribution in [0.5, 0.6) is 0 Å². The number of nitrogens with one attached hydrogen (secondary N) is 1. The van der Waals surface area contributed by atoms with Gasteiger partial charge in [-0.25, -0.2) is 9.59 Å². The van der Waals surface area contributed by atoms with E-state index in [1.165, 1.54) is 14.0 Å². The SMILES string of the molecule is CCOC(=O)CN(C)C(=O)N[C@H](C(=O)O)[C@@H](C)O. The zero-order valence-corrected chi connectivity index (χ0v) is 10.5. The lowest BCUT2D eigenvalue weighted by Crippen LogP contribution is -2.52. The number of hydrogen-bond donors (Lipinski definition) is 3. The van der Waals surface area contributed by atoms with Crippen LogP contribution in [0.25, 0.3) is 0 Å². The molecule has 0 aromatic carbocycles. The molecular weight excluding hydrogens is 244 g/mol. The number of aliphatic hydroxyl groups is 1. The molecule has 0 heterocycles. The van der Waals surface area contributed by atoms with Crippen LogP contribution in [0, 0.1) is 0 Å². The molecule has 0 aliphatic rings. The van der Waals surface area contributed by atoms with Crippen molar-refractivity contribution in [2.75, 3.05) is 20.2 Å². The average molecular weight is 262 g/mol. The molecule has 0 rings (SSSR count). The van der Waals surface area contributed by atoms with Crippen LogP contribution in [0.4, 0.5) is 4.79 Å². The Kier molecular flexibility index (Phi) is 6.73. The molecule has 0 saturated heterocycles. The fraction of sp³-hybridized carbons (Fsp3) is 0.700. The van der Waals surface area contributed by atoms with E-state index in [4.69, 9.17) is 5.11 Å². The normalized spacial score (nSPS) is 13.3. The van der Waals surface area contributed by atoms with Gasteiger partial charge >= 0.3 is 18.0 Å². The summed E-state index contributed by atoms with van der Waals surface area (Å²) in [5, 5.41) is 20.0. The minimum absolute atomic E-state index is 0.194. The third-order valence-corrected chi connectivity index (χ3v) is 2.05. The van der Waals surface area contributed by atoms with Gasteiger partial charge in [-0.15, -0.1) is 0 Å². The second-order valence-corrected chi connectivity index (χ2v) is 3.67. The van der Waals surface area contributed by atoms with Crippen molar-refractivity contribution < 1.29 is 29.3 Å². The number of carbonyl (C=O) groups excluding carboxylic acids is 2. The lowest BCUT2D eigenvalue weighted by molar-refractivity contribution is -0.143. The van der Waals surface area contributed by atoms with E-state index >= 15 is 0 Å². The summed E-state index contributed by atoms with van der Waals surface area (Å²) in [5.74, 6) is -1.96. The molecule has 0 aliphatic carbocycles. The predicted molar refractivity (Wildman–Crippen MR) is 60.9 cm³/mol. The van der Waals surface area contributed by atoms with Crippen LogP contribution in [0.2, 0.25) is 0 Å². The number of carbonyl (C=O) groups is 3. The lowest BCUT2D eigenvalue weighted by atomic mass is 10.2. The predicted octanol–water partition coefficient (Wildman–Crippen LogP) is -0.975. The number of nitrogens with zero attached hydrogens (tertiary/aromatic N) is 1. The van der Waals surface area contributed by atoms with E-state index in [0.717, 1.165) is 4.90 Å². The number of hydrogen-bond acceptors (Lipinski definition) is 5. The number of urea groups is 1. The van der Waals surface area contributed by atoms with Gasteiger partial charge in [0.25, 0.3) is 0 Å². The number of amides is 2. The van der Waals surface area contributed by atoms with E-state index in [1.807, 2.05) is 0 Å². The number of carboxylic acids is 1. The van der Waals surface area contributed by atoms with Crippen molar-refractivity contribution in [3.63, 3.8) is 0 Å². The molecule has 0 unspecified atom stereocenters. The number of aliphatic carboxylic acids is 1. The summed E-state index contributed by atoms with van der Waals surface area (Å²) < 4.78 is 4.64. The summed E-state index contributed by atoms with van der Waals surface area (Å²) in [6.45, 7) is 2.77. The van der Waals surface area contributed by atoms with Crippen molar-refractivity contribution in [2.45, 2.75) is 26.0 Å². The summed E-state index contributed by atoms with van der Waals surface area (Å²) in [7, 11) is 1.31. The summed E-state index contributed by atoms with van der Waals surface area (Å²) in [4.78, 5) is 34.3. The maximum Gasteiger partial charge on any atom is 0.328 e. The quantitative estimate of drug-likeness (QED) is 0.530. The van der Waals surface area contributed by atoms with Gasteiger partial charge in [0.2, 0.25) is 0 Å². The third kappa shape index (κ3) is 5.48. The van der Waals surface area contributed by atoms with Crippen LogP contribution in [0.15, 0.2) is 0 Å². The number of aliphatic hydroxyl groups excluding tert-OH is 1. The molecule has 104 valence electrons. The van der Waals surface area contributed by atoms with Gasteiger partial charge in [-0.2, -0.15) is 0 Å². The molecule has 0 aromatic rings. The zero-order chi connectivity index (χ0) is 14.3. The maximum atomic E-state index is 11.5. The Morgan fingerprint density at radius 1 is 1.39 bits per heavy atom. The van der Waals surface area contributed by atoms with Gasteiger partial charge in [0.15, 0.2) is 6.04 Å². The first kappa shape index (κ1) is 16.2. The Morgan fingerprint density at radius 2 is 1.94 bits per heavy atom. The molecule has 2 amide bonds. The van der Waals surface area contributed by atoms with Gasteiger partial charge in [0.1, 0.15) is 6.54 Å². The Bertz CT molecular complexity index is 317. The molecule has 8 nitrogen and oxygen atoms in total. The van der Waals surface area contributed by atoms with Crippen molar-refractivity contribution in [1.29, 1.82) is 0 Å². The molecule has 0 bridgehead atoms. The van der Waals surface area contributed by atoms with Gasteiger partial charge in [0, 0.05) is 7.05 Å². The summed E-state index contributed by atoms with van der Waals surface area (Å²) in [5.41, 5.74) is 0. The third-order valence-electron chi connectivity index (χ3n) is 2.05. The monoisotopic (exact) mass is 262 g/mol. The van der Waals surface area contributed by atoms with Crippen LogP contribution in [0.3, 0.4) is 0 Å². The highest BCUT2D eigenvalue weighted by Crippen LogP contribution is 1.96. The lowest BCUT2D eigenvalue weighted by Gasteiger charge is -2.22. The van der Waals surface area contributed by atoms with Gasteiger partial charge < -0.3 is 25.2 Å². The molecule has 2 atom stereocenters. The van der Waals surface area contributed by atoms with E-state index in [2.05, 4.69) is 10.1 Å². The Labute approximate surface area is 105 Å².